The zero-order valence-electron chi connectivity index (χ0n) is 5.93. The second-order valence-electron chi connectivity index (χ2n) is 2.71. The maximum Gasteiger partial charge on any atom is 0.143 e. The summed E-state index contributed by atoms with van der Waals surface area (Å²) in [6.45, 7) is 0.849. The SMILES string of the molecule is FC1CCCn2ncc(Br)c21. The van der Waals surface area contributed by atoms with Crippen molar-refractivity contribution in [1.82, 2.24) is 9.78 Å². The normalized spacial score (nSPS) is 23.3. The van der Waals surface area contributed by atoms with E-state index in [0.29, 0.717) is 12.1 Å². The van der Waals surface area contributed by atoms with Crippen LogP contribution in [-0.2, 0) is 6.54 Å². The van der Waals surface area contributed by atoms with Gasteiger partial charge in [0.15, 0.2) is 0 Å². The minimum atomic E-state index is -0.833. The van der Waals surface area contributed by atoms with Crippen LogP contribution >= 0.6 is 15.9 Å². The first-order valence-electron chi connectivity index (χ1n) is 3.64. The van der Waals surface area contributed by atoms with Crippen LogP contribution in [0.5, 0.6) is 0 Å². The first-order chi connectivity index (χ1) is 5.29. The molecule has 2 heterocycles. The van der Waals surface area contributed by atoms with Crippen molar-refractivity contribution in [2.24, 2.45) is 0 Å². The molecule has 0 fully saturated rings. The average Bonchev–Trinajstić information content (AvgIpc) is 2.34. The molecule has 0 bridgehead atoms. The topological polar surface area (TPSA) is 17.8 Å². The van der Waals surface area contributed by atoms with E-state index in [2.05, 4.69) is 21.0 Å². The Balaban J connectivity index is 2.48. The fraction of sp³-hybridized carbons (Fsp3) is 0.571. The van der Waals surface area contributed by atoms with E-state index in [9.17, 15) is 4.39 Å². The largest absolute Gasteiger partial charge is 0.265 e. The molecule has 0 aromatic carbocycles. The van der Waals surface area contributed by atoms with Crippen molar-refractivity contribution in [2.75, 3.05) is 0 Å². The Bertz CT molecular complexity index is 271. The molecule has 1 aromatic heterocycles. The first-order valence-corrected chi connectivity index (χ1v) is 4.43. The molecule has 1 unspecified atom stereocenters. The molecule has 0 N–H and O–H groups in total. The van der Waals surface area contributed by atoms with Gasteiger partial charge in [-0.2, -0.15) is 5.10 Å². The maximum atomic E-state index is 13.2. The van der Waals surface area contributed by atoms with Crippen LogP contribution in [0.2, 0.25) is 0 Å². The summed E-state index contributed by atoms with van der Waals surface area (Å²) in [5, 5.41) is 4.04. The number of halogens is 2. The van der Waals surface area contributed by atoms with Crippen LogP contribution in [0.4, 0.5) is 4.39 Å². The molecule has 0 radical (unpaired) electrons. The highest BCUT2D eigenvalue weighted by molar-refractivity contribution is 9.10. The van der Waals surface area contributed by atoms with Crippen molar-refractivity contribution in [1.29, 1.82) is 0 Å². The molecule has 0 aliphatic carbocycles. The standard InChI is InChI=1S/C7H8BrFN2/c8-5-4-10-11-3-1-2-6(9)7(5)11/h4,6H,1-3H2. The molecule has 1 atom stereocenters. The summed E-state index contributed by atoms with van der Waals surface area (Å²) >= 11 is 3.27. The van der Waals surface area contributed by atoms with Crippen LogP contribution in [-0.4, -0.2) is 9.78 Å². The lowest BCUT2D eigenvalue weighted by Crippen LogP contribution is -2.13. The zero-order valence-corrected chi connectivity index (χ0v) is 7.51. The van der Waals surface area contributed by atoms with Crippen molar-refractivity contribution in [3.05, 3.63) is 16.4 Å². The highest BCUT2D eigenvalue weighted by atomic mass is 79.9. The van der Waals surface area contributed by atoms with Gasteiger partial charge in [0.25, 0.3) is 0 Å². The number of nitrogens with zero attached hydrogens (tertiary/aromatic N) is 2. The molecular weight excluding hydrogens is 211 g/mol. The molecule has 0 spiro atoms. The second-order valence-corrected chi connectivity index (χ2v) is 3.56. The van der Waals surface area contributed by atoms with E-state index in [-0.39, 0.29) is 0 Å². The van der Waals surface area contributed by atoms with Crippen LogP contribution in [0.25, 0.3) is 0 Å². The predicted octanol–water partition coefficient (Wildman–Crippen LogP) is 2.45. The average molecular weight is 219 g/mol. The van der Waals surface area contributed by atoms with Crippen molar-refractivity contribution in [3.63, 3.8) is 0 Å². The van der Waals surface area contributed by atoms with Gasteiger partial charge in [0.05, 0.1) is 16.4 Å². The molecule has 1 aliphatic rings. The Morgan fingerprint density at radius 2 is 2.55 bits per heavy atom. The quantitative estimate of drug-likeness (QED) is 0.655. The summed E-state index contributed by atoms with van der Waals surface area (Å²) in [6, 6.07) is 0. The van der Waals surface area contributed by atoms with Crippen molar-refractivity contribution >= 4 is 15.9 Å². The third kappa shape index (κ3) is 1.09. The fourth-order valence-electron chi connectivity index (χ4n) is 1.42. The van der Waals surface area contributed by atoms with E-state index in [1.807, 2.05) is 0 Å². The number of hydrogen-bond donors (Lipinski definition) is 0. The molecule has 2 rings (SSSR count). The number of fused-ring (bicyclic) bond motifs is 1. The Kier molecular flexibility index (Phi) is 1.71. The number of hydrogen-bond acceptors (Lipinski definition) is 1. The highest BCUT2D eigenvalue weighted by Gasteiger charge is 2.22. The van der Waals surface area contributed by atoms with E-state index >= 15 is 0 Å². The molecule has 60 valence electrons. The monoisotopic (exact) mass is 218 g/mol. The van der Waals surface area contributed by atoms with Crippen molar-refractivity contribution in [3.8, 4) is 0 Å². The van der Waals surface area contributed by atoms with Gasteiger partial charge in [0, 0.05) is 6.54 Å². The van der Waals surface area contributed by atoms with Gasteiger partial charge in [0.1, 0.15) is 6.17 Å². The van der Waals surface area contributed by atoms with Gasteiger partial charge >= 0.3 is 0 Å². The minimum Gasteiger partial charge on any atom is -0.265 e. The van der Waals surface area contributed by atoms with E-state index in [4.69, 9.17) is 0 Å². The van der Waals surface area contributed by atoms with Crippen LogP contribution in [0.15, 0.2) is 10.7 Å². The van der Waals surface area contributed by atoms with E-state index in [1.165, 1.54) is 0 Å². The molecule has 0 amide bonds. The molecule has 0 saturated carbocycles. The molecule has 1 aliphatic heterocycles. The molecular formula is C7H8BrFN2. The number of aryl methyl sites for hydroxylation is 1. The lowest BCUT2D eigenvalue weighted by atomic mass is 10.1. The summed E-state index contributed by atoms with van der Waals surface area (Å²) < 4.78 is 15.7. The molecule has 0 saturated heterocycles. The zero-order chi connectivity index (χ0) is 7.84. The summed E-state index contributed by atoms with van der Waals surface area (Å²) in [5.41, 5.74) is 0.705. The number of alkyl halides is 1. The molecule has 11 heavy (non-hydrogen) atoms. The van der Waals surface area contributed by atoms with Gasteiger partial charge in [-0.3, -0.25) is 4.68 Å². The van der Waals surface area contributed by atoms with Gasteiger partial charge in [-0.05, 0) is 28.8 Å². The van der Waals surface area contributed by atoms with E-state index < -0.39 is 6.17 Å². The summed E-state index contributed by atoms with van der Waals surface area (Å²) in [7, 11) is 0. The van der Waals surface area contributed by atoms with Crippen LogP contribution < -0.4 is 0 Å². The Labute approximate surface area is 72.5 Å². The molecule has 4 heteroatoms. The van der Waals surface area contributed by atoms with Crippen LogP contribution in [0.1, 0.15) is 24.7 Å². The summed E-state index contributed by atoms with van der Waals surface area (Å²) in [4.78, 5) is 0. The van der Waals surface area contributed by atoms with Crippen LogP contribution in [0, 0.1) is 0 Å². The van der Waals surface area contributed by atoms with Gasteiger partial charge in [-0.1, -0.05) is 0 Å². The molecule has 1 aromatic rings. The lowest BCUT2D eigenvalue weighted by Gasteiger charge is -2.17. The minimum absolute atomic E-state index is 0.629. The van der Waals surface area contributed by atoms with Gasteiger partial charge in [0.2, 0.25) is 0 Å². The lowest BCUT2D eigenvalue weighted by molar-refractivity contribution is 0.258. The predicted molar refractivity (Wildman–Crippen MR) is 43.0 cm³/mol. The van der Waals surface area contributed by atoms with Crippen molar-refractivity contribution in [2.45, 2.75) is 25.6 Å². The van der Waals surface area contributed by atoms with Gasteiger partial charge in [-0.25, -0.2) is 4.39 Å². The van der Waals surface area contributed by atoms with Crippen molar-refractivity contribution < 1.29 is 4.39 Å². The number of rotatable bonds is 0. The Morgan fingerprint density at radius 3 is 3.27 bits per heavy atom. The summed E-state index contributed by atoms with van der Waals surface area (Å²) in [6.07, 6.45) is 2.35. The third-order valence-corrected chi connectivity index (χ3v) is 2.57. The second kappa shape index (κ2) is 2.59. The van der Waals surface area contributed by atoms with E-state index in [1.54, 1.807) is 10.9 Å². The fourth-order valence-corrected chi connectivity index (χ4v) is 1.96. The summed E-state index contributed by atoms with van der Waals surface area (Å²) in [5.74, 6) is 0. The smallest absolute Gasteiger partial charge is 0.143 e. The first kappa shape index (κ1) is 7.28. The molecule has 2 nitrogen and oxygen atoms in total. The third-order valence-electron chi connectivity index (χ3n) is 1.96. The van der Waals surface area contributed by atoms with Gasteiger partial charge < -0.3 is 0 Å². The van der Waals surface area contributed by atoms with Crippen LogP contribution in [0.3, 0.4) is 0 Å². The van der Waals surface area contributed by atoms with Gasteiger partial charge in [-0.15, -0.1) is 0 Å². The van der Waals surface area contributed by atoms with E-state index in [0.717, 1.165) is 17.4 Å². The highest BCUT2D eigenvalue weighted by Crippen LogP contribution is 2.32. The number of aromatic nitrogens is 2. The Hall–Kier alpha value is -0.380. The maximum absolute atomic E-state index is 13.2. The Morgan fingerprint density at radius 1 is 1.73 bits per heavy atom.